The molecule has 0 aromatic heterocycles. The molecule has 3 nitrogen and oxygen atoms in total. The van der Waals surface area contributed by atoms with Gasteiger partial charge in [0, 0.05) is 18.9 Å². The Hall–Kier alpha value is -0.620. The van der Waals surface area contributed by atoms with Crippen LogP contribution in [-0.4, -0.2) is 37.4 Å². The van der Waals surface area contributed by atoms with Gasteiger partial charge in [0.1, 0.15) is 12.4 Å². The first kappa shape index (κ1) is 15.8. The third-order valence-electron chi connectivity index (χ3n) is 4.22. The maximum atomic E-state index is 12.0. The molecule has 1 heterocycles. The van der Waals surface area contributed by atoms with E-state index in [4.69, 9.17) is 4.74 Å². The maximum Gasteiger partial charge on any atom is 0.411 e. The minimum absolute atomic E-state index is 0.0155. The standard InChI is InChI=1S/C14H21F3O3/c15-14(16,17)10-19-7-4-12(18)11-3-8-20-13(9-11)5-1-2-6-13/h11H,1-10H2. The Bertz CT molecular complexity index is 335. The quantitative estimate of drug-likeness (QED) is 0.730. The fraction of sp³-hybridized carbons (Fsp3) is 0.929. The molecular formula is C14H21F3O3. The van der Waals surface area contributed by atoms with Crippen LogP contribution in [0.25, 0.3) is 0 Å². The third kappa shape index (κ3) is 4.45. The molecule has 0 aromatic rings. The van der Waals surface area contributed by atoms with E-state index >= 15 is 0 Å². The zero-order valence-corrected chi connectivity index (χ0v) is 11.5. The molecule has 1 saturated carbocycles. The SMILES string of the molecule is O=C(CCOCC(F)(F)F)C1CCOC2(CCCC2)C1. The van der Waals surface area contributed by atoms with Crippen LogP contribution < -0.4 is 0 Å². The van der Waals surface area contributed by atoms with Gasteiger partial charge in [0.2, 0.25) is 0 Å². The van der Waals surface area contributed by atoms with Gasteiger partial charge in [-0.3, -0.25) is 4.79 Å². The molecular weight excluding hydrogens is 273 g/mol. The van der Waals surface area contributed by atoms with Crippen molar-refractivity contribution in [3.05, 3.63) is 0 Å². The molecule has 2 rings (SSSR count). The Morgan fingerprint density at radius 2 is 2.00 bits per heavy atom. The Morgan fingerprint density at radius 1 is 1.30 bits per heavy atom. The number of carbonyl (C=O) groups is 1. The molecule has 1 saturated heterocycles. The van der Waals surface area contributed by atoms with Crippen molar-refractivity contribution in [1.29, 1.82) is 0 Å². The van der Waals surface area contributed by atoms with Crippen LogP contribution in [0.5, 0.6) is 0 Å². The molecule has 0 bridgehead atoms. The summed E-state index contributed by atoms with van der Waals surface area (Å²) in [7, 11) is 0. The van der Waals surface area contributed by atoms with Crippen LogP contribution in [-0.2, 0) is 14.3 Å². The first-order valence-electron chi connectivity index (χ1n) is 7.21. The Kier molecular flexibility index (Phi) is 5.07. The zero-order valence-electron chi connectivity index (χ0n) is 11.5. The van der Waals surface area contributed by atoms with Crippen molar-refractivity contribution in [2.45, 2.75) is 56.7 Å². The van der Waals surface area contributed by atoms with Gasteiger partial charge in [0.15, 0.2) is 0 Å². The summed E-state index contributed by atoms with van der Waals surface area (Å²) in [6.07, 6.45) is 1.42. The predicted octanol–water partition coefficient (Wildman–Crippen LogP) is 3.26. The molecule has 20 heavy (non-hydrogen) atoms. The van der Waals surface area contributed by atoms with Crippen molar-refractivity contribution in [2.75, 3.05) is 19.8 Å². The lowest BCUT2D eigenvalue weighted by atomic mass is 9.82. The number of ether oxygens (including phenoxy) is 2. The minimum Gasteiger partial charge on any atom is -0.375 e. The van der Waals surface area contributed by atoms with Gasteiger partial charge in [-0.05, 0) is 25.7 Å². The van der Waals surface area contributed by atoms with Crippen LogP contribution in [0.1, 0.15) is 44.9 Å². The van der Waals surface area contributed by atoms with Crippen LogP contribution in [0.3, 0.4) is 0 Å². The Balaban J connectivity index is 1.72. The highest BCUT2D eigenvalue weighted by atomic mass is 19.4. The summed E-state index contributed by atoms with van der Waals surface area (Å²) in [5, 5.41) is 0. The number of halogens is 3. The van der Waals surface area contributed by atoms with E-state index in [0.29, 0.717) is 13.0 Å². The van der Waals surface area contributed by atoms with Crippen molar-refractivity contribution < 1.29 is 27.4 Å². The fourth-order valence-corrected chi connectivity index (χ4v) is 3.24. The number of ketones is 1. The number of Topliss-reactive ketones (excluding diaryl/α,β-unsaturated/α-hetero) is 1. The molecule has 0 amide bonds. The third-order valence-corrected chi connectivity index (χ3v) is 4.22. The topological polar surface area (TPSA) is 35.5 Å². The summed E-state index contributed by atoms with van der Waals surface area (Å²) in [4.78, 5) is 12.0. The van der Waals surface area contributed by atoms with E-state index < -0.39 is 12.8 Å². The Labute approximate surface area is 116 Å². The van der Waals surface area contributed by atoms with Crippen molar-refractivity contribution >= 4 is 5.78 Å². The molecule has 2 aliphatic rings. The van der Waals surface area contributed by atoms with E-state index in [0.717, 1.165) is 32.1 Å². The second-order valence-corrected chi connectivity index (χ2v) is 5.81. The first-order chi connectivity index (χ1) is 9.40. The summed E-state index contributed by atoms with van der Waals surface area (Å²) in [6.45, 7) is -0.847. The predicted molar refractivity (Wildman–Crippen MR) is 66.4 cm³/mol. The highest BCUT2D eigenvalue weighted by molar-refractivity contribution is 5.81. The number of carbonyl (C=O) groups excluding carboxylic acids is 1. The average Bonchev–Trinajstić information content (AvgIpc) is 2.81. The van der Waals surface area contributed by atoms with Gasteiger partial charge in [0.25, 0.3) is 0 Å². The number of hydrogen-bond donors (Lipinski definition) is 0. The van der Waals surface area contributed by atoms with E-state index in [9.17, 15) is 18.0 Å². The van der Waals surface area contributed by atoms with Gasteiger partial charge >= 0.3 is 6.18 Å². The van der Waals surface area contributed by atoms with Gasteiger partial charge in [-0.1, -0.05) is 12.8 Å². The number of rotatable bonds is 5. The zero-order chi connectivity index (χ0) is 14.6. The van der Waals surface area contributed by atoms with Crippen molar-refractivity contribution in [3.63, 3.8) is 0 Å². The molecule has 1 aliphatic heterocycles. The van der Waals surface area contributed by atoms with Crippen molar-refractivity contribution in [1.82, 2.24) is 0 Å². The fourth-order valence-electron chi connectivity index (χ4n) is 3.24. The van der Waals surface area contributed by atoms with E-state index in [1.807, 2.05) is 0 Å². The van der Waals surface area contributed by atoms with Crippen molar-refractivity contribution in [3.8, 4) is 0 Å². The van der Waals surface area contributed by atoms with Crippen LogP contribution in [0.4, 0.5) is 13.2 Å². The maximum absolute atomic E-state index is 12.0. The minimum atomic E-state index is -4.32. The average molecular weight is 294 g/mol. The second-order valence-electron chi connectivity index (χ2n) is 5.81. The molecule has 116 valence electrons. The lowest BCUT2D eigenvalue weighted by Gasteiger charge is -2.37. The molecule has 0 radical (unpaired) electrons. The van der Waals surface area contributed by atoms with Crippen molar-refractivity contribution in [2.24, 2.45) is 5.92 Å². The monoisotopic (exact) mass is 294 g/mol. The lowest BCUT2D eigenvalue weighted by molar-refractivity contribution is -0.175. The summed E-state index contributed by atoms with van der Waals surface area (Å²) in [6, 6.07) is 0. The van der Waals surface area contributed by atoms with E-state index in [1.54, 1.807) is 0 Å². The van der Waals surface area contributed by atoms with Crippen LogP contribution in [0.2, 0.25) is 0 Å². The smallest absolute Gasteiger partial charge is 0.375 e. The van der Waals surface area contributed by atoms with E-state index in [2.05, 4.69) is 4.74 Å². The molecule has 0 N–H and O–H groups in total. The van der Waals surface area contributed by atoms with Crippen LogP contribution >= 0.6 is 0 Å². The first-order valence-corrected chi connectivity index (χ1v) is 7.21. The molecule has 1 atom stereocenters. The van der Waals surface area contributed by atoms with Gasteiger partial charge < -0.3 is 9.47 Å². The highest BCUT2D eigenvalue weighted by Crippen LogP contribution is 2.42. The van der Waals surface area contributed by atoms with E-state index in [1.165, 1.54) is 0 Å². The van der Waals surface area contributed by atoms with Gasteiger partial charge in [-0.15, -0.1) is 0 Å². The summed E-state index contributed by atoms with van der Waals surface area (Å²) < 4.78 is 46.1. The van der Waals surface area contributed by atoms with Gasteiger partial charge in [-0.25, -0.2) is 0 Å². The molecule has 2 fully saturated rings. The molecule has 0 aromatic carbocycles. The van der Waals surface area contributed by atoms with Crippen LogP contribution in [0.15, 0.2) is 0 Å². The molecule has 1 spiro atoms. The Morgan fingerprint density at radius 3 is 2.65 bits per heavy atom. The van der Waals surface area contributed by atoms with E-state index in [-0.39, 0.29) is 30.3 Å². The summed E-state index contributed by atoms with van der Waals surface area (Å²) in [5.74, 6) is -0.0573. The molecule has 1 unspecified atom stereocenters. The molecule has 6 heteroatoms. The normalized spacial score (nSPS) is 26.1. The van der Waals surface area contributed by atoms with Gasteiger partial charge in [0.05, 0.1) is 12.2 Å². The summed E-state index contributed by atoms with van der Waals surface area (Å²) in [5.41, 5.74) is -0.134. The number of hydrogen-bond acceptors (Lipinski definition) is 3. The summed E-state index contributed by atoms with van der Waals surface area (Å²) >= 11 is 0. The highest BCUT2D eigenvalue weighted by Gasteiger charge is 2.41. The largest absolute Gasteiger partial charge is 0.411 e. The molecule has 1 aliphatic carbocycles. The lowest BCUT2D eigenvalue weighted by Crippen LogP contribution is -2.40. The number of alkyl halides is 3. The van der Waals surface area contributed by atoms with Crippen LogP contribution in [0, 0.1) is 5.92 Å². The second kappa shape index (κ2) is 6.43. The van der Waals surface area contributed by atoms with Gasteiger partial charge in [-0.2, -0.15) is 13.2 Å².